The summed E-state index contributed by atoms with van der Waals surface area (Å²) >= 11 is 0. The molecule has 0 fully saturated rings. The van der Waals surface area contributed by atoms with Crippen LogP contribution in [-0.4, -0.2) is 44.3 Å². The summed E-state index contributed by atoms with van der Waals surface area (Å²) in [6, 6.07) is 11.7. The van der Waals surface area contributed by atoms with Gasteiger partial charge in [-0.15, -0.1) is 0 Å². The molecule has 1 heterocycles. The van der Waals surface area contributed by atoms with E-state index in [1.54, 1.807) is 32.5 Å². The number of benzene rings is 1. The Labute approximate surface area is 137 Å². The van der Waals surface area contributed by atoms with Gasteiger partial charge in [0.15, 0.2) is 0 Å². The fraction of sp³-hybridized carbons (Fsp3) is 0.333. The normalized spacial score (nSPS) is 10.6. The lowest BCUT2D eigenvalue weighted by Gasteiger charge is -2.17. The summed E-state index contributed by atoms with van der Waals surface area (Å²) in [5.74, 6) is 0.712. The van der Waals surface area contributed by atoms with Gasteiger partial charge in [-0.25, -0.2) is 0 Å². The molecule has 0 saturated heterocycles. The quantitative estimate of drug-likeness (QED) is 0.787. The van der Waals surface area contributed by atoms with Gasteiger partial charge in [-0.05, 0) is 36.9 Å². The zero-order chi connectivity index (χ0) is 16.7. The molecule has 0 unspecified atom stereocenters. The highest BCUT2D eigenvalue weighted by Crippen LogP contribution is 2.31. The predicted molar refractivity (Wildman–Crippen MR) is 89.2 cm³/mol. The van der Waals surface area contributed by atoms with Gasteiger partial charge < -0.3 is 9.47 Å². The van der Waals surface area contributed by atoms with Crippen molar-refractivity contribution in [3.63, 3.8) is 0 Å². The topological polar surface area (TPSA) is 58.4 Å². The molecule has 0 radical (unpaired) electrons. The number of hydrogen-bond acceptors (Lipinski definition) is 5. The summed E-state index contributed by atoms with van der Waals surface area (Å²) in [7, 11) is 5.37. The summed E-state index contributed by atoms with van der Waals surface area (Å²) in [5.41, 5.74) is 3.15. The number of pyridine rings is 1. The average molecular weight is 311 g/mol. The van der Waals surface area contributed by atoms with Gasteiger partial charge in [0.25, 0.3) is 0 Å². The lowest BCUT2D eigenvalue weighted by molar-refractivity contribution is 0.158. The maximum Gasteiger partial charge on any atom is 0.128 e. The molecule has 0 aliphatic heterocycles. The van der Waals surface area contributed by atoms with E-state index in [2.05, 4.69) is 16.0 Å². The van der Waals surface area contributed by atoms with Crippen molar-refractivity contribution in [2.75, 3.05) is 34.4 Å². The summed E-state index contributed by atoms with van der Waals surface area (Å²) in [4.78, 5) is 6.54. The third-order valence-corrected chi connectivity index (χ3v) is 3.58. The van der Waals surface area contributed by atoms with Crippen molar-refractivity contribution in [2.24, 2.45) is 0 Å². The second-order valence-electron chi connectivity index (χ2n) is 5.28. The van der Waals surface area contributed by atoms with Crippen molar-refractivity contribution in [1.29, 1.82) is 5.26 Å². The molecule has 2 aromatic rings. The molecule has 120 valence electrons. The first-order valence-electron chi connectivity index (χ1n) is 7.39. The fourth-order valence-electron chi connectivity index (χ4n) is 2.39. The Morgan fingerprint density at radius 3 is 2.78 bits per heavy atom. The minimum atomic E-state index is 0.538. The number of rotatable bonds is 7. The van der Waals surface area contributed by atoms with E-state index in [-0.39, 0.29) is 0 Å². The largest absolute Gasteiger partial charge is 0.496 e. The molecule has 0 bridgehead atoms. The first kappa shape index (κ1) is 16.9. The predicted octanol–water partition coefficient (Wildman–Crippen LogP) is 2.71. The van der Waals surface area contributed by atoms with Crippen molar-refractivity contribution in [2.45, 2.75) is 6.54 Å². The van der Waals surface area contributed by atoms with Gasteiger partial charge in [0.1, 0.15) is 11.8 Å². The highest BCUT2D eigenvalue weighted by atomic mass is 16.5. The molecular formula is C18H21N3O2. The number of ether oxygens (including phenoxy) is 2. The standard InChI is InChI=1S/C18H21N3O2/c1-21(9-10-22-2)13-14-6-7-17(23-3)16(11-14)18-15(12-19)5-4-8-20-18/h4-8,11H,9-10,13H2,1-3H3. The van der Waals surface area contributed by atoms with Crippen LogP contribution in [0.15, 0.2) is 36.5 Å². The zero-order valence-electron chi connectivity index (χ0n) is 13.7. The van der Waals surface area contributed by atoms with Gasteiger partial charge in [0, 0.05) is 32.0 Å². The molecule has 0 saturated carbocycles. The van der Waals surface area contributed by atoms with Gasteiger partial charge in [-0.2, -0.15) is 5.26 Å². The Morgan fingerprint density at radius 2 is 2.09 bits per heavy atom. The van der Waals surface area contributed by atoms with E-state index >= 15 is 0 Å². The van der Waals surface area contributed by atoms with Crippen molar-refractivity contribution < 1.29 is 9.47 Å². The number of nitriles is 1. The summed E-state index contributed by atoms with van der Waals surface area (Å²) < 4.78 is 10.5. The Morgan fingerprint density at radius 1 is 1.26 bits per heavy atom. The van der Waals surface area contributed by atoms with E-state index in [4.69, 9.17) is 9.47 Å². The Kier molecular flexibility index (Phi) is 6.10. The van der Waals surface area contributed by atoms with Gasteiger partial charge in [0.05, 0.1) is 25.0 Å². The molecule has 0 spiro atoms. The Hall–Kier alpha value is -2.42. The number of hydrogen-bond donors (Lipinski definition) is 0. The molecule has 0 aliphatic rings. The Bertz CT molecular complexity index is 695. The third-order valence-electron chi connectivity index (χ3n) is 3.58. The molecular weight excluding hydrogens is 290 g/mol. The van der Waals surface area contributed by atoms with E-state index in [1.165, 1.54) is 0 Å². The second-order valence-corrected chi connectivity index (χ2v) is 5.28. The van der Waals surface area contributed by atoms with Crippen LogP contribution >= 0.6 is 0 Å². The summed E-state index contributed by atoms with van der Waals surface area (Å²) in [5, 5.41) is 9.30. The van der Waals surface area contributed by atoms with Gasteiger partial charge in [-0.3, -0.25) is 9.88 Å². The summed E-state index contributed by atoms with van der Waals surface area (Å²) in [6.45, 7) is 2.33. The minimum Gasteiger partial charge on any atom is -0.496 e. The van der Waals surface area contributed by atoms with Crippen LogP contribution in [0.2, 0.25) is 0 Å². The first-order valence-corrected chi connectivity index (χ1v) is 7.39. The molecule has 1 aromatic carbocycles. The van der Waals surface area contributed by atoms with Gasteiger partial charge in [0.2, 0.25) is 0 Å². The SMILES string of the molecule is COCCN(C)Cc1ccc(OC)c(-c2ncccc2C#N)c1. The number of nitrogens with zero attached hydrogens (tertiary/aromatic N) is 3. The number of aromatic nitrogens is 1. The van der Waals surface area contributed by atoms with Crippen LogP contribution in [0.4, 0.5) is 0 Å². The molecule has 0 amide bonds. The van der Waals surface area contributed by atoms with Crippen LogP contribution in [0.3, 0.4) is 0 Å². The molecule has 2 rings (SSSR count). The highest BCUT2D eigenvalue weighted by Gasteiger charge is 2.13. The van der Waals surface area contributed by atoms with Crippen molar-refractivity contribution in [3.8, 4) is 23.1 Å². The van der Waals surface area contributed by atoms with Crippen LogP contribution in [0, 0.1) is 11.3 Å². The van der Waals surface area contributed by atoms with Gasteiger partial charge in [-0.1, -0.05) is 6.07 Å². The fourth-order valence-corrected chi connectivity index (χ4v) is 2.39. The van der Waals surface area contributed by atoms with E-state index in [0.29, 0.717) is 23.6 Å². The highest BCUT2D eigenvalue weighted by molar-refractivity contribution is 5.72. The number of likely N-dealkylation sites (N-methyl/N-ethyl adjacent to an activating group) is 1. The Balaban J connectivity index is 2.35. The van der Waals surface area contributed by atoms with Crippen molar-refractivity contribution in [1.82, 2.24) is 9.88 Å². The molecule has 0 atom stereocenters. The van der Waals surface area contributed by atoms with Crippen LogP contribution in [0.25, 0.3) is 11.3 Å². The molecule has 5 nitrogen and oxygen atoms in total. The van der Waals surface area contributed by atoms with Crippen LogP contribution in [0.1, 0.15) is 11.1 Å². The molecule has 23 heavy (non-hydrogen) atoms. The van der Waals surface area contributed by atoms with Crippen molar-refractivity contribution in [3.05, 3.63) is 47.7 Å². The van der Waals surface area contributed by atoms with Crippen LogP contribution < -0.4 is 4.74 Å². The second kappa shape index (κ2) is 8.28. The van der Waals surface area contributed by atoms with E-state index in [1.807, 2.05) is 25.2 Å². The maximum absolute atomic E-state index is 9.30. The van der Waals surface area contributed by atoms with E-state index in [0.717, 1.165) is 24.2 Å². The molecule has 5 heteroatoms. The smallest absolute Gasteiger partial charge is 0.128 e. The lowest BCUT2D eigenvalue weighted by Crippen LogP contribution is -2.22. The summed E-state index contributed by atoms with van der Waals surface area (Å²) in [6.07, 6.45) is 1.69. The number of methoxy groups -OCH3 is 2. The third kappa shape index (κ3) is 4.28. The molecule has 0 N–H and O–H groups in total. The maximum atomic E-state index is 9.30. The monoisotopic (exact) mass is 311 g/mol. The van der Waals surface area contributed by atoms with Crippen LogP contribution in [0.5, 0.6) is 5.75 Å². The van der Waals surface area contributed by atoms with Gasteiger partial charge >= 0.3 is 0 Å². The molecule has 0 aliphatic carbocycles. The van der Waals surface area contributed by atoms with E-state index < -0.39 is 0 Å². The van der Waals surface area contributed by atoms with Crippen LogP contribution in [-0.2, 0) is 11.3 Å². The lowest BCUT2D eigenvalue weighted by atomic mass is 10.0. The van der Waals surface area contributed by atoms with E-state index in [9.17, 15) is 5.26 Å². The first-order chi connectivity index (χ1) is 11.2. The zero-order valence-corrected chi connectivity index (χ0v) is 13.7. The average Bonchev–Trinajstić information content (AvgIpc) is 2.59. The van der Waals surface area contributed by atoms with Crippen molar-refractivity contribution >= 4 is 0 Å². The minimum absolute atomic E-state index is 0.538. The molecule has 1 aromatic heterocycles.